The van der Waals surface area contributed by atoms with Crippen LogP contribution >= 0.6 is 0 Å². The number of aliphatic hydroxyl groups is 1. The summed E-state index contributed by atoms with van der Waals surface area (Å²) in [5, 5.41) is 24.6. The molecule has 1 heterocycles. The molecule has 4 N–H and O–H groups in total. The normalized spacial score (nSPS) is 17.3. The lowest BCUT2D eigenvalue weighted by molar-refractivity contribution is 0.0341. The highest BCUT2D eigenvalue weighted by Crippen LogP contribution is 2.31. The van der Waals surface area contributed by atoms with E-state index in [1.54, 1.807) is 85.7 Å². The van der Waals surface area contributed by atoms with E-state index in [-0.39, 0.29) is 35.7 Å². The molecule has 0 radical (unpaired) electrons. The average molecular weight is 591 g/mol. The highest BCUT2D eigenvalue weighted by molar-refractivity contribution is 6.02. The number of nitrogens with one attached hydrogen (secondary N) is 2. The predicted molar refractivity (Wildman–Crippen MR) is 163 cm³/mol. The van der Waals surface area contributed by atoms with Crippen LogP contribution in [0.4, 0.5) is 16.2 Å². The van der Waals surface area contributed by atoms with E-state index in [4.69, 9.17) is 14.6 Å². The largest absolute Gasteiger partial charge is 0.497 e. The van der Waals surface area contributed by atoms with Gasteiger partial charge in [-0.05, 0) is 74.1 Å². The summed E-state index contributed by atoms with van der Waals surface area (Å²) < 4.78 is 11.6. The highest BCUT2D eigenvalue weighted by atomic mass is 16.5. The number of hydrogen-bond acceptors (Lipinski definition) is 7. The average Bonchev–Trinajstić information content (AvgIpc) is 2.99. The lowest BCUT2D eigenvalue weighted by atomic mass is 9.99. The summed E-state index contributed by atoms with van der Waals surface area (Å²) in [6.07, 6.45) is -0.305. The van der Waals surface area contributed by atoms with Crippen LogP contribution in [0.1, 0.15) is 40.1 Å². The van der Waals surface area contributed by atoms with E-state index < -0.39 is 18.0 Å². The molecule has 0 saturated carbocycles. The number of hydrogen-bond donors (Lipinski definition) is 4. The van der Waals surface area contributed by atoms with Gasteiger partial charge in [0.15, 0.2) is 0 Å². The van der Waals surface area contributed by atoms with Gasteiger partial charge in [-0.25, -0.2) is 9.59 Å². The van der Waals surface area contributed by atoms with Crippen LogP contribution in [0, 0.1) is 5.92 Å². The Labute approximate surface area is 251 Å². The fourth-order valence-corrected chi connectivity index (χ4v) is 4.92. The van der Waals surface area contributed by atoms with Crippen LogP contribution in [-0.2, 0) is 6.54 Å². The molecular formula is C32H38N4O7. The van der Waals surface area contributed by atoms with Gasteiger partial charge in [0.1, 0.15) is 17.6 Å². The number of fused-ring (bicyclic) bond motifs is 1. The van der Waals surface area contributed by atoms with E-state index in [2.05, 4.69) is 15.5 Å². The van der Waals surface area contributed by atoms with Crippen molar-refractivity contribution < 1.29 is 34.1 Å². The van der Waals surface area contributed by atoms with Crippen molar-refractivity contribution in [2.24, 2.45) is 5.92 Å². The van der Waals surface area contributed by atoms with E-state index in [0.29, 0.717) is 42.5 Å². The van der Waals surface area contributed by atoms with Crippen LogP contribution in [-0.4, -0.2) is 83.9 Å². The molecule has 11 nitrogen and oxygen atoms in total. The molecule has 0 saturated heterocycles. The molecule has 3 aromatic carbocycles. The first kappa shape index (κ1) is 31.3. The third kappa shape index (κ3) is 8.02. The number of carboxylic acid groups (broad SMARTS) is 1. The number of carbonyl (C=O) groups excluding carboxylic acids is 2. The van der Waals surface area contributed by atoms with Gasteiger partial charge in [-0.2, -0.15) is 0 Å². The van der Waals surface area contributed by atoms with Crippen LogP contribution in [0.2, 0.25) is 0 Å². The van der Waals surface area contributed by atoms with E-state index in [1.807, 2.05) is 14.0 Å². The lowest BCUT2D eigenvalue weighted by Gasteiger charge is -2.38. The second kappa shape index (κ2) is 14.0. The number of rotatable bonds is 10. The monoisotopic (exact) mass is 590 g/mol. The number of amides is 3. The summed E-state index contributed by atoms with van der Waals surface area (Å²) in [5.74, 6) is -0.287. The Morgan fingerprint density at radius 1 is 1.07 bits per heavy atom. The van der Waals surface area contributed by atoms with Crippen molar-refractivity contribution in [2.45, 2.75) is 32.5 Å². The molecule has 0 spiro atoms. The molecule has 1 aliphatic heterocycles. The quantitative estimate of drug-likeness (QED) is 0.273. The first-order valence-corrected chi connectivity index (χ1v) is 14.0. The van der Waals surface area contributed by atoms with E-state index >= 15 is 0 Å². The maximum atomic E-state index is 13.7. The van der Waals surface area contributed by atoms with E-state index in [0.717, 1.165) is 5.56 Å². The Kier molecular flexibility index (Phi) is 10.2. The molecular weight excluding hydrogens is 552 g/mol. The third-order valence-corrected chi connectivity index (χ3v) is 7.42. The zero-order chi connectivity index (χ0) is 31.1. The zero-order valence-electron chi connectivity index (χ0n) is 24.7. The molecule has 0 aromatic heterocycles. The summed E-state index contributed by atoms with van der Waals surface area (Å²) in [6.45, 7) is 5.06. The number of carboxylic acids is 1. The summed E-state index contributed by atoms with van der Waals surface area (Å²) in [4.78, 5) is 41.3. The molecule has 228 valence electrons. The second-order valence-electron chi connectivity index (χ2n) is 10.8. The van der Waals surface area contributed by atoms with Gasteiger partial charge < -0.3 is 35.2 Å². The number of methoxy groups -OCH3 is 1. The van der Waals surface area contributed by atoms with E-state index in [1.165, 1.54) is 0 Å². The molecule has 0 aliphatic carbocycles. The molecule has 0 bridgehead atoms. The Bertz CT molecular complexity index is 1430. The highest BCUT2D eigenvalue weighted by Gasteiger charge is 2.33. The van der Waals surface area contributed by atoms with Gasteiger partial charge in [-0.3, -0.25) is 9.69 Å². The van der Waals surface area contributed by atoms with Crippen LogP contribution in [0.5, 0.6) is 11.5 Å². The Balaban J connectivity index is 1.53. The van der Waals surface area contributed by atoms with Crippen molar-refractivity contribution in [2.75, 3.05) is 44.5 Å². The van der Waals surface area contributed by atoms with Crippen LogP contribution in [0.25, 0.3) is 0 Å². The summed E-state index contributed by atoms with van der Waals surface area (Å²) in [6, 6.07) is 17.7. The summed E-state index contributed by atoms with van der Waals surface area (Å²) in [5.41, 5.74) is 2.46. The maximum absolute atomic E-state index is 13.7. The van der Waals surface area contributed by atoms with Gasteiger partial charge in [-0.15, -0.1) is 0 Å². The standard InChI is InChI=1S/C32H38N4O7/c1-20-16-36(21(2)19-37)30(38)27-15-25(34-32(41)33-24-9-12-26(42-4)13-10-24)11-14-28(27)43-29(20)18-35(3)17-22-5-7-23(8-6-22)31(39)40/h5-15,20-21,29,37H,16-19H2,1-4H3,(H,39,40)(H2,33,34,41)/t20-,21-,29-/m1/s1. The van der Waals surface area contributed by atoms with Crippen molar-refractivity contribution in [1.82, 2.24) is 9.80 Å². The van der Waals surface area contributed by atoms with Crippen molar-refractivity contribution in [3.05, 3.63) is 83.4 Å². The van der Waals surface area contributed by atoms with E-state index in [9.17, 15) is 19.5 Å². The number of anilines is 2. The lowest BCUT2D eigenvalue weighted by Crippen LogP contribution is -2.49. The Morgan fingerprint density at radius 2 is 1.72 bits per heavy atom. The molecule has 0 unspecified atom stereocenters. The minimum absolute atomic E-state index is 0.0731. The Hall–Kier alpha value is -4.61. The third-order valence-electron chi connectivity index (χ3n) is 7.42. The Morgan fingerprint density at radius 3 is 2.35 bits per heavy atom. The number of aliphatic hydroxyl groups excluding tert-OH is 1. The summed E-state index contributed by atoms with van der Waals surface area (Å²) >= 11 is 0. The van der Waals surface area contributed by atoms with Gasteiger partial charge in [0.2, 0.25) is 0 Å². The van der Waals surface area contributed by atoms with Crippen molar-refractivity contribution in [3.63, 3.8) is 0 Å². The number of aromatic carboxylic acids is 1. The second-order valence-corrected chi connectivity index (χ2v) is 10.8. The zero-order valence-corrected chi connectivity index (χ0v) is 24.7. The first-order chi connectivity index (χ1) is 20.6. The molecule has 11 heteroatoms. The van der Waals surface area contributed by atoms with Gasteiger partial charge in [0.05, 0.1) is 30.9 Å². The van der Waals surface area contributed by atoms with Gasteiger partial charge in [0, 0.05) is 36.9 Å². The smallest absolute Gasteiger partial charge is 0.335 e. The predicted octanol–water partition coefficient (Wildman–Crippen LogP) is 4.39. The van der Waals surface area contributed by atoms with Crippen molar-refractivity contribution >= 4 is 29.3 Å². The van der Waals surface area contributed by atoms with Crippen molar-refractivity contribution in [1.29, 1.82) is 0 Å². The first-order valence-electron chi connectivity index (χ1n) is 14.0. The molecule has 3 atom stereocenters. The number of carbonyl (C=O) groups is 3. The molecule has 3 aromatic rings. The molecule has 4 rings (SSSR count). The SMILES string of the molecule is COc1ccc(NC(=O)Nc2ccc3c(c2)C(=O)N([C@H](C)CO)C[C@@H](C)[C@@H](CN(C)Cc2ccc(C(=O)O)cc2)O3)cc1. The minimum Gasteiger partial charge on any atom is -0.497 e. The number of ether oxygens (including phenoxy) is 2. The fourth-order valence-electron chi connectivity index (χ4n) is 4.92. The van der Waals surface area contributed by atoms with Crippen LogP contribution in [0.3, 0.4) is 0 Å². The van der Waals surface area contributed by atoms with Gasteiger partial charge >= 0.3 is 12.0 Å². The number of benzene rings is 3. The van der Waals surface area contributed by atoms with Crippen molar-refractivity contribution in [3.8, 4) is 11.5 Å². The molecule has 0 fully saturated rings. The number of likely N-dealkylation sites (N-methyl/N-ethyl adjacent to an activating group) is 1. The maximum Gasteiger partial charge on any atom is 0.335 e. The molecule has 43 heavy (non-hydrogen) atoms. The van der Waals surface area contributed by atoms with Gasteiger partial charge in [0.25, 0.3) is 5.91 Å². The van der Waals surface area contributed by atoms with Crippen LogP contribution in [0.15, 0.2) is 66.7 Å². The van der Waals surface area contributed by atoms with Crippen LogP contribution < -0.4 is 20.1 Å². The topological polar surface area (TPSA) is 141 Å². The molecule has 3 amide bonds. The number of urea groups is 1. The fraction of sp³-hybridized carbons (Fsp3) is 0.344. The minimum atomic E-state index is -0.970. The number of nitrogens with zero attached hydrogens (tertiary/aromatic N) is 2. The van der Waals surface area contributed by atoms with Gasteiger partial charge in [-0.1, -0.05) is 19.1 Å². The molecule has 1 aliphatic rings. The summed E-state index contributed by atoms with van der Waals surface area (Å²) in [7, 11) is 3.52.